The summed E-state index contributed by atoms with van der Waals surface area (Å²) in [7, 11) is 0. The lowest BCUT2D eigenvalue weighted by Crippen LogP contribution is -2.41. The smallest absolute Gasteiger partial charge is 0.166 e. The van der Waals surface area contributed by atoms with Gasteiger partial charge in [-0.1, -0.05) is 12.8 Å². The minimum Gasteiger partial charge on any atom is -0.360 e. The van der Waals surface area contributed by atoms with Gasteiger partial charge in [0.1, 0.15) is 6.67 Å². The van der Waals surface area contributed by atoms with Gasteiger partial charge >= 0.3 is 0 Å². The Morgan fingerprint density at radius 2 is 2.08 bits per heavy atom. The monoisotopic (exact) mass is 190 g/mol. The zero-order chi connectivity index (χ0) is 8.81. The summed E-state index contributed by atoms with van der Waals surface area (Å²) in [6.45, 7) is -0.0506. The Hall–Kier alpha value is -0.380. The summed E-state index contributed by atoms with van der Waals surface area (Å²) < 4.78 is 11.7. The first-order valence-electron chi connectivity index (χ1n) is 4.43. The van der Waals surface area contributed by atoms with Gasteiger partial charge in [-0.25, -0.2) is 4.39 Å². The molecule has 70 valence electrons. The highest BCUT2D eigenvalue weighted by molar-refractivity contribution is 7.80. The fourth-order valence-corrected chi connectivity index (χ4v) is 1.74. The molecule has 0 aromatic carbocycles. The molecule has 0 radical (unpaired) electrons. The highest BCUT2D eigenvalue weighted by Crippen LogP contribution is 2.17. The van der Waals surface area contributed by atoms with Gasteiger partial charge in [0.15, 0.2) is 5.11 Å². The van der Waals surface area contributed by atoms with Gasteiger partial charge in [-0.15, -0.1) is 0 Å². The third-order valence-corrected chi connectivity index (χ3v) is 2.33. The van der Waals surface area contributed by atoms with Crippen LogP contribution in [0.25, 0.3) is 0 Å². The average molecular weight is 190 g/mol. The van der Waals surface area contributed by atoms with Crippen LogP contribution in [0.3, 0.4) is 0 Å². The van der Waals surface area contributed by atoms with Crippen LogP contribution in [-0.2, 0) is 0 Å². The highest BCUT2D eigenvalue weighted by Gasteiger charge is 2.14. The lowest BCUT2D eigenvalue weighted by molar-refractivity contribution is 0.488. The maximum atomic E-state index is 11.7. The Labute approximate surface area is 77.9 Å². The molecular weight excluding hydrogens is 175 g/mol. The molecule has 4 heteroatoms. The zero-order valence-electron chi connectivity index (χ0n) is 7.11. The van der Waals surface area contributed by atoms with Crippen LogP contribution < -0.4 is 10.6 Å². The Morgan fingerprint density at radius 1 is 1.42 bits per heavy atom. The summed E-state index contributed by atoms with van der Waals surface area (Å²) in [5.74, 6) is 0. The van der Waals surface area contributed by atoms with Crippen molar-refractivity contribution in [1.82, 2.24) is 10.6 Å². The number of alkyl halides is 1. The lowest BCUT2D eigenvalue weighted by atomic mass is 10.3. The molecule has 0 atom stereocenters. The van der Waals surface area contributed by atoms with Crippen molar-refractivity contribution < 1.29 is 4.39 Å². The van der Waals surface area contributed by atoms with E-state index in [9.17, 15) is 4.39 Å². The first kappa shape index (κ1) is 9.71. The van der Waals surface area contributed by atoms with E-state index in [2.05, 4.69) is 10.6 Å². The summed E-state index contributed by atoms with van der Waals surface area (Å²) in [6.07, 6.45) is 4.95. The summed E-state index contributed by atoms with van der Waals surface area (Å²) in [6, 6.07) is 0.518. The highest BCUT2D eigenvalue weighted by atomic mass is 32.1. The number of nitrogens with one attached hydrogen (secondary N) is 2. The molecule has 2 nitrogen and oxygen atoms in total. The predicted octanol–water partition coefficient (Wildman–Crippen LogP) is 1.36. The SMILES string of the molecule is FCCNC(=S)NC1CCCC1. The molecule has 1 rings (SSSR count). The van der Waals surface area contributed by atoms with Crippen LogP contribution in [0, 0.1) is 0 Å². The molecule has 1 saturated carbocycles. The van der Waals surface area contributed by atoms with E-state index in [4.69, 9.17) is 12.2 Å². The van der Waals surface area contributed by atoms with E-state index in [0.717, 1.165) is 0 Å². The van der Waals surface area contributed by atoms with Gasteiger partial charge in [0, 0.05) is 12.6 Å². The second kappa shape index (κ2) is 5.30. The zero-order valence-corrected chi connectivity index (χ0v) is 7.92. The number of hydrogen-bond donors (Lipinski definition) is 2. The third kappa shape index (κ3) is 3.34. The Bertz CT molecular complexity index is 146. The van der Waals surface area contributed by atoms with Crippen LogP contribution in [0.15, 0.2) is 0 Å². The topological polar surface area (TPSA) is 24.1 Å². The van der Waals surface area contributed by atoms with Crippen LogP contribution in [0.1, 0.15) is 25.7 Å². The molecule has 0 bridgehead atoms. The molecule has 1 fully saturated rings. The minimum atomic E-state index is -0.369. The van der Waals surface area contributed by atoms with E-state index in [1.807, 2.05) is 0 Å². The lowest BCUT2D eigenvalue weighted by Gasteiger charge is -2.14. The van der Waals surface area contributed by atoms with Crippen molar-refractivity contribution in [3.8, 4) is 0 Å². The number of halogens is 1. The number of rotatable bonds is 3. The maximum absolute atomic E-state index is 11.7. The van der Waals surface area contributed by atoms with Crippen molar-refractivity contribution in [2.45, 2.75) is 31.7 Å². The Kier molecular flexibility index (Phi) is 4.29. The van der Waals surface area contributed by atoms with Crippen LogP contribution in [0.2, 0.25) is 0 Å². The third-order valence-electron chi connectivity index (χ3n) is 2.07. The fourth-order valence-electron chi connectivity index (χ4n) is 1.47. The molecule has 2 N–H and O–H groups in total. The largest absolute Gasteiger partial charge is 0.360 e. The van der Waals surface area contributed by atoms with E-state index in [-0.39, 0.29) is 6.67 Å². The van der Waals surface area contributed by atoms with Gasteiger partial charge in [0.2, 0.25) is 0 Å². The van der Waals surface area contributed by atoms with Crippen molar-refractivity contribution in [3.63, 3.8) is 0 Å². The van der Waals surface area contributed by atoms with E-state index < -0.39 is 0 Å². The standard InChI is InChI=1S/C8H15FN2S/c9-5-6-10-8(12)11-7-3-1-2-4-7/h7H,1-6H2,(H2,10,11,12). The van der Waals surface area contributed by atoms with Crippen LogP contribution in [0.4, 0.5) is 4.39 Å². The van der Waals surface area contributed by atoms with Gasteiger partial charge in [-0.2, -0.15) is 0 Å². The van der Waals surface area contributed by atoms with Crippen LogP contribution in [-0.4, -0.2) is 24.4 Å². The molecule has 0 aliphatic heterocycles. The molecule has 1 aliphatic carbocycles. The molecule has 0 aromatic rings. The summed E-state index contributed by atoms with van der Waals surface area (Å²) in [4.78, 5) is 0. The molecule has 0 amide bonds. The molecule has 0 spiro atoms. The molecule has 0 unspecified atom stereocenters. The number of thiocarbonyl (C=S) groups is 1. The molecule has 0 saturated heterocycles. The first-order chi connectivity index (χ1) is 5.83. The van der Waals surface area contributed by atoms with E-state index in [0.29, 0.717) is 17.7 Å². The van der Waals surface area contributed by atoms with E-state index >= 15 is 0 Å². The molecule has 0 heterocycles. The molecule has 0 aromatic heterocycles. The maximum Gasteiger partial charge on any atom is 0.166 e. The predicted molar refractivity (Wildman–Crippen MR) is 52.0 cm³/mol. The molecule has 1 aliphatic rings. The summed E-state index contributed by atoms with van der Waals surface area (Å²) in [5, 5.41) is 6.57. The summed E-state index contributed by atoms with van der Waals surface area (Å²) >= 11 is 4.97. The van der Waals surface area contributed by atoms with E-state index in [1.54, 1.807) is 0 Å². The Morgan fingerprint density at radius 3 is 2.67 bits per heavy atom. The quantitative estimate of drug-likeness (QED) is 0.657. The first-order valence-corrected chi connectivity index (χ1v) is 4.84. The number of hydrogen-bond acceptors (Lipinski definition) is 1. The van der Waals surface area contributed by atoms with Gasteiger partial charge in [0.05, 0.1) is 0 Å². The average Bonchev–Trinajstić information content (AvgIpc) is 2.53. The molecule has 12 heavy (non-hydrogen) atoms. The van der Waals surface area contributed by atoms with Crippen LogP contribution >= 0.6 is 12.2 Å². The van der Waals surface area contributed by atoms with Gasteiger partial charge in [-0.3, -0.25) is 0 Å². The Balaban J connectivity index is 2.08. The normalized spacial score (nSPS) is 17.8. The minimum absolute atomic E-state index is 0.318. The van der Waals surface area contributed by atoms with Crippen molar-refractivity contribution in [2.75, 3.05) is 13.2 Å². The second-order valence-corrected chi connectivity index (χ2v) is 3.48. The van der Waals surface area contributed by atoms with Gasteiger partial charge in [-0.05, 0) is 25.1 Å². The van der Waals surface area contributed by atoms with Gasteiger partial charge in [0.25, 0.3) is 0 Å². The van der Waals surface area contributed by atoms with Crippen molar-refractivity contribution >= 4 is 17.3 Å². The van der Waals surface area contributed by atoms with Crippen molar-refractivity contribution in [2.24, 2.45) is 0 Å². The molecular formula is C8H15FN2S. The van der Waals surface area contributed by atoms with Crippen molar-refractivity contribution in [3.05, 3.63) is 0 Å². The van der Waals surface area contributed by atoms with Crippen molar-refractivity contribution in [1.29, 1.82) is 0 Å². The fraction of sp³-hybridized carbons (Fsp3) is 0.875. The summed E-state index contributed by atoms with van der Waals surface area (Å²) in [5.41, 5.74) is 0. The van der Waals surface area contributed by atoms with Crippen LogP contribution in [0.5, 0.6) is 0 Å². The second-order valence-electron chi connectivity index (χ2n) is 3.07. The van der Waals surface area contributed by atoms with E-state index in [1.165, 1.54) is 25.7 Å². The van der Waals surface area contributed by atoms with Gasteiger partial charge < -0.3 is 10.6 Å².